The highest BCUT2D eigenvalue weighted by Gasteiger charge is 2.48. The highest BCUT2D eigenvalue weighted by molar-refractivity contribution is 5.91. The fourth-order valence-electron chi connectivity index (χ4n) is 5.44. The largest absolute Gasteiger partial charge is 0.446 e. The molecule has 3 aromatic rings. The van der Waals surface area contributed by atoms with E-state index in [0.29, 0.717) is 25.0 Å². The van der Waals surface area contributed by atoms with E-state index in [1.807, 2.05) is 0 Å². The van der Waals surface area contributed by atoms with Gasteiger partial charge in [-0.3, -0.25) is 4.90 Å². The van der Waals surface area contributed by atoms with Gasteiger partial charge in [-0.2, -0.15) is 39.5 Å². The number of nitrogens with zero attached hydrogens (tertiary/aromatic N) is 5. The normalized spacial score (nSPS) is 19.2. The van der Waals surface area contributed by atoms with Crippen LogP contribution in [-0.2, 0) is 29.8 Å². The van der Waals surface area contributed by atoms with Gasteiger partial charge in [0.1, 0.15) is 0 Å². The molecule has 0 saturated heterocycles. The van der Waals surface area contributed by atoms with E-state index in [4.69, 9.17) is 4.74 Å². The van der Waals surface area contributed by atoms with Gasteiger partial charge in [0.05, 0.1) is 34.5 Å². The molecular formula is C27H25F9N6O2. The number of anilines is 2. The van der Waals surface area contributed by atoms with Crippen LogP contribution in [0.2, 0.25) is 0 Å². The number of H-pyrrole nitrogens is 1. The first kappa shape index (κ1) is 31.4. The first-order chi connectivity index (χ1) is 20.4. The van der Waals surface area contributed by atoms with Gasteiger partial charge in [0.25, 0.3) is 0 Å². The van der Waals surface area contributed by atoms with Gasteiger partial charge in [-0.05, 0) is 97.0 Å². The van der Waals surface area contributed by atoms with Crippen molar-refractivity contribution in [2.75, 3.05) is 9.80 Å². The minimum atomic E-state index is -5.12. The lowest BCUT2D eigenvalue weighted by Crippen LogP contribution is -2.49. The number of fused-ring (bicyclic) bond motifs is 1. The number of benzene rings is 2. The summed E-state index contributed by atoms with van der Waals surface area (Å²) in [7, 11) is 0. The maximum Gasteiger partial charge on any atom is 0.416 e. The summed E-state index contributed by atoms with van der Waals surface area (Å²) in [6.45, 7) is 2.55. The topological polar surface area (TPSA) is 87.2 Å². The Bertz CT molecular complexity index is 1470. The second-order valence-electron chi connectivity index (χ2n) is 11.0. The molecule has 238 valence electrons. The molecule has 1 aromatic heterocycles. The summed E-state index contributed by atoms with van der Waals surface area (Å²) in [4.78, 5) is 15.8. The van der Waals surface area contributed by atoms with Gasteiger partial charge >= 0.3 is 24.6 Å². The van der Waals surface area contributed by atoms with Gasteiger partial charge in [0.2, 0.25) is 5.95 Å². The predicted molar refractivity (Wildman–Crippen MR) is 136 cm³/mol. The fraction of sp³-hybridized carbons (Fsp3) is 0.481. The number of rotatable bonds is 6. The van der Waals surface area contributed by atoms with Crippen molar-refractivity contribution >= 4 is 17.7 Å². The molecule has 1 N–H and O–H groups in total. The van der Waals surface area contributed by atoms with E-state index in [9.17, 15) is 44.3 Å². The average molecular weight is 637 g/mol. The number of carbonyl (C=O) groups is 1. The molecule has 2 unspecified atom stereocenters. The number of carbonyl (C=O) groups excluding carboxylic acids is 1. The van der Waals surface area contributed by atoms with Crippen molar-refractivity contribution in [2.45, 2.75) is 76.4 Å². The maximum atomic E-state index is 13.9. The van der Waals surface area contributed by atoms with Crippen molar-refractivity contribution < 1.29 is 49.0 Å². The van der Waals surface area contributed by atoms with Gasteiger partial charge < -0.3 is 9.64 Å². The van der Waals surface area contributed by atoms with Crippen molar-refractivity contribution in [1.29, 1.82) is 0 Å². The Morgan fingerprint density at radius 3 is 2.07 bits per heavy atom. The third kappa shape index (κ3) is 6.55. The molecule has 0 bridgehead atoms. The quantitative estimate of drug-likeness (QED) is 0.282. The fourth-order valence-corrected chi connectivity index (χ4v) is 5.44. The molecule has 1 aliphatic carbocycles. The Kier molecular flexibility index (Phi) is 7.95. The molecule has 0 radical (unpaired) electrons. The van der Waals surface area contributed by atoms with E-state index in [1.54, 1.807) is 13.8 Å². The molecule has 2 atom stereocenters. The first-order valence-corrected chi connectivity index (χ1v) is 13.4. The van der Waals surface area contributed by atoms with E-state index in [2.05, 4.69) is 20.6 Å². The van der Waals surface area contributed by atoms with Crippen LogP contribution in [0.1, 0.15) is 67.0 Å². The number of amides is 1. The number of ether oxygens (including phenoxy) is 1. The molecule has 44 heavy (non-hydrogen) atoms. The smallest absolute Gasteiger partial charge is 0.416 e. The Labute approximate surface area is 244 Å². The lowest BCUT2D eigenvalue weighted by Gasteiger charge is -2.44. The molecule has 1 amide bonds. The summed E-state index contributed by atoms with van der Waals surface area (Å²) in [5.74, 6) is -0.287. The van der Waals surface area contributed by atoms with Crippen molar-refractivity contribution in [3.05, 3.63) is 64.2 Å². The number of halogens is 9. The summed E-state index contributed by atoms with van der Waals surface area (Å²) in [5.41, 5.74) is -4.62. The third-order valence-corrected chi connectivity index (χ3v) is 7.45. The zero-order chi connectivity index (χ0) is 32.2. The van der Waals surface area contributed by atoms with Crippen LogP contribution in [0.3, 0.4) is 0 Å². The van der Waals surface area contributed by atoms with Gasteiger partial charge in [-0.25, -0.2) is 9.89 Å². The van der Waals surface area contributed by atoms with Crippen molar-refractivity contribution in [3.8, 4) is 0 Å². The molecule has 1 fully saturated rings. The highest BCUT2D eigenvalue weighted by atomic mass is 19.4. The van der Waals surface area contributed by atoms with Gasteiger partial charge in [-0.1, -0.05) is 5.10 Å². The van der Waals surface area contributed by atoms with Crippen LogP contribution in [0.5, 0.6) is 0 Å². The third-order valence-electron chi connectivity index (χ3n) is 7.45. The van der Waals surface area contributed by atoms with Crippen LogP contribution in [0.15, 0.2) is 36.4 Å². The van der Waals surface area contributed by atoms with E-state index >= 15 is 0 Å². The summed E-state index contributed by atoms with van der Waals surface area (Å²) in [5, 5.41) is 13.1. The van der Waals surface area contributed by atoms with Crippen molar-refractivity contribution in [1.82, 2.24) is 20.6 Å². The molecule has 2 aromatic carbocycles. The number of hydrogen-bond donors (Lipinski definition) is 1. The van der Waals surface area contributed by atoms with Crippen LogP contribution >= 0.6 is 0 Å². The summed E-state index contributed by atoms with van der Waals surface area (Å²) >= 11 is 0. The molecule has 2 heterocycles. The predicted octanol–water partition coefficient (Wildman–Crippen LogP) is 7.54. The molecule has 5 rings (SSSR count). The Morgan fingerprint density at radius 2 is 1.57 bits per heavy atom. The molecule has 2 aliphatic rings. The minimum absolute atomic E-state index is 0.0172. The molecule has 1 aliphatic heterocycles. The molecular weight excluding hydrogens is 611 g/mol. The van der Waals surface area contributed by atoms with Crippen LogP contribution in [-0.4, -0.2) is 38.9 Å². The summed E-state index contributed by atoms with van der Waals surface area (Å²) in [6.07, 6.45) is -15.1. The lowest BCUT2D eigenvalue weighted by atomic mass is 9.86. The Hall–Kier alpha value is -4.05. The number of tetrazole rings is 1. The van der Waals surface area contributed by atoms with Crippen LogP contribution in [0.25, 0.3) is 0 Å². The number of nitrogens with one attached hydrogen (secondary N) is 1. The lowest BCUT2D eigenvalue weighted by molar-refractivity contribution is -0.143. The monoisotopic (exact) mass is 636 g/mol. The van der Waals surface area contributed by atoms with E-state index in [0.717, 1.165) is 18.2 Å². The van der Waals surface area contributed by atoms with Crippen molar-refractivity contribution in [3.63, 3.8) is 0 Å². The molecule has 17 heteroatoms. The molecule has 8 nitrogen and oxygen atoms in total. The Morgan fingerprint density at radius 1 is 0.955 bits per heavy atom. The average Bonchev–Trinajstić information content (AvgIpc) is 3.62. The second kappa shape index (κ2) is 11.1. The first-order valence-electron chi connectivity index (χ1n) is 13.4. The van der Waals surface area contributed by atoms with Gasteiger partial charge in [-0.15, -0.1) is 0 Å². The molecule has 0 spiro atoms. The van der Waals surface area contributed by atoms with Crippen LogP contribution in [0, 0.1) is 5.92 Å². The van der Waals surface area contributed by atoms with Gasteiger partial charge in [0.15, 0.2) is 0 Å². The van der Waals surface area contributed by atoms with Crippen molar-refractivity contribution in [2.24, 2.45) is 5.92 Å². The van der Waals surface area contributed by atoms with E-state index < -0.39 is 71.6 Å². The second-order valence-corrected chi connectivity index (χ2v) is 11.0. The zero-order valence-corrected chi connectivity index (χ0v) is 23.1. The highest BCUT2D eigenvalue weighted by Crippen LogP contribution is 2.50. The zero-order valence-electron chi connectivity index (χ0n) is 23.1. The van der Waals surface area contributed by atoms with E-state index in [1.165, 1.54) is 9.80 Å². The van der Waals surface area contributed by atoms with E-state index in [-0.39, 0.29) is 35.6 Å². The number of aromatic amines is 1. The maximum absolute atomic E-state index is 13.9. The summed E-state index contributed by atoms with van der Waals surface area (Å²) in [6, 6.07) is 2.05. The summed E-state index contributed by atoms with van der Waals surface area (Å²) < 4.78 is 129. The van der Waals surface area contributed by atoms with Gasteiger partial charge in [0, 0.05) is 12.6 Å². The minimum Gasteiger partial charge on any atom is -0.446 e. The number of aromatic nitrogens is 4. The van der Waals surface area contributed by atoms with Crippen LogP contribution < -0.4 is 9.80 Å². The number of alkyl halides is 9. The standard InChI is InChI=1S/C27H25F9N6O2/c1-13(2)44-24(43)42-20-6-5-16(25(28,29)30)10-19(20)22(11-21(42)15-3-4-15)41(23-37-39-40-38-23)12-14-7-17(26(31,32)33)9-18(8-14)27(34,35)36/h5-10,13,15,21-22H,3-4,11-12H2,1-2H3,(H,37,38,39,40). The molecule has 1 saturated carbocycles. The SMILES string of the molecule is CC(C)OC(=O)N1c2ccc(C(F)(F)F)cc2C(N(Cc2cc(C(F)(F)F)cc(C(F)(F)F)c2)c2nnn[nH]2)CC1C1CC1. The van der Waals surface area contributed by atoms with Crippen LogP contribution in [0.4, 0.5) is 55.9 Å². The Balaban J connectivity index is 1.67. The number of hydrogen-bond acceptors (Lipinski definition) is 6.